The van der Waals surface area contributed by atoms with Gasteiger partial charge in [0.1, 0.15) is 10.0 Å². The quantitative estimate of drug-likeness (QED) is 0.816. The van der Waals surface area contributed by atoms with Crippen LogP contribution in [-0.4, -0.2) is 27.1 Å². The number of hydrogen-bond acceptors (Lipinski definition) is 4. The minimum atomic E-state index is 0.764. The van der Waals surface area contributed by atoms with Crippen molar-refractivity contribution < 1.29 is 0 Å². The predicted molar refractivity (Wildman–Crippen MR) is 65.7 cm³/mol. The van der Waals surface area contributed by atoms with Crippen molar-refractivity contribution in [3.05, 3.63) is 10.0 Å². The van der Waals surface area contributed by atoms with E-state index in [9.17, 15) is 0 Å². The molecule has 1 aromatic heterocycles. The third-order valence-corrected chi connectivity index (χ3v) is 4.95. The first-order chi connectivity index (χ1) is 7.84. The second kappa shape index (κ2) is 4.59. The number of fused-ring (bicyclic) bond motifs is 1. The van der Waals surface area contributed by atoms with Gasteiger partial charge in [0.15, 0.2) is 0 Å². The van der Waals surface area contributed by atoms with Crippen molar-refractivity contribution in [2.75, 3.05) is 6.54 Å². The van der Waals surface area contributed by atoms with Crippen molar-refractivity contribution in [1.82, 2.24) is 14.5 Å². The number of aromatic nitrogens is 2. The summed E-state index contributed by atoms with van der Waals surface area (Å²) < 4.78 is 4.67. The molecule has 0 aromatic carbocycles. The first-order valence-electron chi connectivity index (χ1n) is 6.05. The number of hydrogen-bond donors (Lipinski definition) is 0. The van der Waals surface area contributed by atoms with Crippen LogP contribution in [-0.2, 0) is 6.54 Å². The van der Waals surface area contributed by atoms with E-state index in [0.717, 1.165) is 28.5 Å². The fourth-order valence-corrected chi connectivity index (χ4v) is 3.85. The van der Waals surface area contributed by atoms with Gasteiger partial charge in [0.05, 0.1) is 0 Å². The Hall–Kier alpha value is -0.190. The summed E-state index contributed by atoms with van der Waals surface area (Å²) in [5.41, 5.74) is 0.971. The lowest BCUT2D eigenvalue weighted by Gasteiger charge is -2.37. The van der Waals surface area contributed by atoms with Gasteiger partial charge in [-0.25, -0.2) is 0 Å². The van der Waals surface area contributed by atoms with Crippen LogP contribution in [0.1, 0.15) is 37.8 Å². The van der Waals surface area contributed by atoms with Crippen LogP contribution in [0.3, 0.4) is 0 Å². The molecule has 1 saturated carbocycles. The normalized spacial score (nSPS) is 30.6. The summed E-state index contributed by atoms with van der Waals surface area (Å²) in [5, 5.41) is 4.12. The Morgan fingerprint density at radius 1 is 1.31 bits per heavy atom. The summed E-state index contributed by atoms with van der Waals surface area (Å²) >= 11 is 7.36. The number of halogens is 1. The van der Waals surface area contributed by atoms with Gasteiger partial charge in [-0.15, -0.1) is 5.10 Å². The van der Waals surface area contributed by atoms with Gasteiger partial charge in [0.25, 0.3) is 0 Å². The molecule has 2 atom stereocenters. The molecule has 3 nitrogen and oxygen atoms in total. The summed E-state index contributed by atoms with van der Waals surface area (Å²) in [6.07, 6.45) is 6.93. The molecule has 0 radical (unpaired) electrons. The van der Waals surface area contributed by atoms with Crippen molar-refractivity contribution in [3.63, 3.8) is 0 Å². The lowest BCUT2D eigenvalue weighted by atomic mass is 9.92. The largest absolute Gasteiger partial charge is 0.294 e. The molecular formula is C11H16ClN3S. The van der Waals surface area contributed by atoms with E-state index in [1.54, 1.807) is 0 Å². The summed E-state index contributed by atoms with van der Waals surface area (Å²) in [4.78, 5) is 2.57. The van der Waals surface area contributed by atoms with Crippen molar-refractivity contribution in [2.45, 2.75) is 44.7 Å². The average molecular weight is 258 g/mol. The van der Waals surface area contributed by atoms with Crippen LogP contribution in [0.15, 0.2) is 0 Å². The fraction of sp³-hybridized carbons (Fsp3) is 0.818. The van der Waals surface area contributed by atoms with Gasteiger partial charge in [-0.3, -0.25) is 4.90 Å². The topological polar surface area (TPSA) is 29.0 Å². The van der Waals surface area contributed by atoms with Gasteiger partial charge >= 0.3 is 0 Å². The van der Waals surface area contributed by atoms with Crippen molar-refractivity contribution >= 4 is 23.1 Å². The van der Waals surface area contributed by atoms with E-state index < -0.39 is 0 Å². The Morgan fingerprint density at radius 2 is 2.19 bits per heavy atom. The SMILES string of the molecule is Clc1snnc1CN1CCCC2CCCC21. The van der Waals surface area contributed by atoms with Crippen molar-refractivity contribution in [3.8, 4) is 0 Å². The summed E-state index contributed by atoms with van der Waals surface area (Å²) in [5.74, 6) is 0.930. The molecule has 2 unspecified atom stereocenters. The summed E-state index contributed by atoms with van der Waals surface area (Å²) in [7, 11) is 0. The highest BCUT2D eigenvalue weighted by Crippen LogP contribution is 2.37. The van der Waals surface area contributed by atoms with Crippen LogP contribution in [0.5, 0.6) is 0 Å². The second-order valence-corrected chi connectivity index (χ2v) is 6.22. The Bertz CT molecular complexity index is 368. The average Bonchev–Trinajstić information content (AvgIpc) is 2.89. The highest BCUT2D eigenvalue weighted by molar-refractivity contribution is 7.10. The molecule has 1 aliphatic heterocycles. The Morgan fingerprint density at radius 3 is 3.00 bits per heavy atom. The smallest absolute Gasteiger partial charge is 0.138 e. The number of likely N-dealkylation sites (tertiary alicyclic amines) is 1. The molecule has 1 aromatic rings. The third kappa shape index (κ3) is 1.98. The molecule has 2 aliphatic rings. The second-order valence-electron chi connectivity index (χ2n) is 4.86. The van der Waals surface area contributed by atoms with E-state index in [-0.39, 0.29) is 0 Å². The Labute approximate surface area is 105 Å². The molecule has 1 aliphatic carbocycles. The van der Waals surface area contributed by atoms with Crippen molar-refractivity contribution in [1.29, 1.82) is 0 Å². The highest BCUT2D eigenvalue weighted by atomic mass is 35.5. The van der Waals surface area contributed by atoms with Crippen LogP contribution in [0.4, 0.5) is 0 Å². The summed E-state index contributed by atoms with van der Waals surface area (Å²) in [6.45, 7) is 2.10. The van der Waals surface area contributed by atoms with Crippen LogP contribution in [0.2, 0.25) is 4.34 Å². The molecule has 0 spiro atoms. The lowest BCUT2D eigenvalue weighted by molar-refractivity contribution is 0.104. The van der Waals surface area contributed by atoms with Crippen LogP contribution < -0.4 is 0 Å². The molecular weight excluding hydrogens is 242 g/mol. The van der Waals surface area contributed by atoms with E-state index in [2.05, 4.69) is 14.5 Å². The molecule has 2 fully saturated rings. The minimum absolute atomic E-state index is 0.764. The zero-order valence-electron chi connectivity index (χ0n) is 9.23. The molecule has 0 amide bonds. The number of piperidine rings is 1. The molecule has 2 heterocycles. The lowest BCUT2D eigenvalue weighted by Crippen LogP contribution is -2.42. The summed E-state index contributed by atoms with van der Waals surface area (Å²) in [6, 6.07) is 0.784. The monoisotopic (exact) mass is 257 g/mol. The van der Waals surface area contributed by atoms with Gasteiger partial charge in [-0.05, 0) is 38.1 Å². The van der Waals surface area contributed by atoms with Crippen LogP contribution >= 0.6 is 23.1 Å². The van der Waals surface area contributed by atoms with Gasteiger partial charge in [-0.1, -0.05) is 22.5 Å². The van der Waals surface area contributed by atoms with E-state index in [1.165, 1.54) is 50.2 Å². The molecule has 88 valence electrons. The fourth-order valence-electron chi connectivity index (χ4n) is 3.24. The van der Waals surface area contributed by atoms with Crippen molar-refractivity contribution in [2.24, 2.45) is 5.92 Å². The predicted octanol–water partition coefficient (Wildman–Crippen LogP) is 2.96. The van der Waals surface area contributed by atoms with Crippen LogP contribution in [0.25, 0.3) is 0 Å². The van der Waals surface area contributed by atoms with Gasteiger partial charge in [0.2, 0.25) is 0 Å². The standard InChI is InChI=1S/C11H16ClN3S/c12-11-9(13-14-16-11)7-15-6-2-4-8-3-1-5-10(8)15/h8,10H,1-7H2. The zero-order chi connectivity index (χ0) is 11.0. The molecule has 3 rings (SSSR count). The van der Waals surface area contributed by atoms with E-state index in [4.69, 9.17) is 11.6 Å². The Kier molecular flexibility index (Phi) is 3.14. The van der Waals surface area contributed by atoms with E-state index in [0.29, 0.717) is 0 Å². The minimum Gasteiger partial charge on any atom is -0.294 e. The van der Waals surface area contributed by atoms with E-state index >= 15 is 0 Å². The Balaban J connectivity index is 1.72. The molecule has 16 heavy (non-hydrogen) atoms. The molecule has 0 bridgehead atoms. The maximum absolute atomic E-state index is 6.07. The van der Waals surface area contributed by atoms with Gasteiger partial charge in [-0.2, -0.15) is 0 Å². The number of rotatable bonds is 2. The maximum atomic E-state index is 6.07. The maximum Gasteiger partial charge on any atom is 0.138 e. The first-order valence-corrected chi connectivity index (χ1v) is 7.20. The van der Waals surface area contributed by atoms with Gasteiger partial charge < -0.3 is 0 Å². The first kappa shape index (κ1) is 10.9. The molecule has 0 N–H and O–H groups in total. The van der Waals surface area contributed by atoms with Gasteiger partial charge in [0, 0.05) is 24.1 Å². The number of nitrogens with zero attached hydrogens (tertiary/aromatic N) is 3. The molecule has 5 heteroatoms. The van der Waals surface area contributed by atoms with Crippen LogP contribution in [0, 0.1) is 5.92 Å². The highest BCUT2D eigenvalue weighted by Gasteiger charge is 2.35. The van der Waals surface area contributed by atoms with E-state index in [1.807, 2.05) is 0 Å². The third-order valence-electron chi connectivity index (χ3n) is 3.97. The molecule has 1 saturated heterocycles. The zero-order valence-corrected chi connectivity index (χ0v) is 10.8.